The van der Waals surface area contributed by atoms with Gasteiger partial charge < -0.3 is 10.1 Å². The Morgan fingerprint density at radius 1 is 1.00 bits per heavy atom. The van der Waals surface area contributed by atoms with E-state index >= 15 is 0 Å². The van der Waals surface area contributed by atoms with Crippen molar-refractivity contribution in [2.45, 2.75) is 26.4 Å². The minimum atomic E-state index is -0.350. The van der Waals surface area contributed by atoms with Gasteiger partial charge >= 0.3 is 5.97 Å². The highest BCUT2D eigenvalue weighted by molar-refractivity contribution is 6.05. The van der Waals surface area contributed by atoms with E-state index in [1.54, 1.807) is 18.2 Å². The topological polar surface area (TPSA) is 55.4 Å². The minimum absolute atomic E-state index is 0.188. The summed E-state index contributed by atoms with van der Waals surface area (Å²) in [4.78, 5) is 25.2. The van der Waals surface area contributed by atoms with Gasteiger partial charge in [-0.1, -0.05) is 42.5 Å². The zero-order chi connectivity index (χ0) is 19.7. The summed E-state index contributed by atoms with van der Waals surface area (Å²) >= 11 is 0. The quantitative estimate of drug-likeness (QED) is 0.659. The van der Waals surface area contributed by atoms with Crippen LogP contribution in [0.3, 0.4) is 0 Å². The number of carbonyl (C=O) groups excluding carboxylic acids is 2. The number of carbonyl (C=O) groups is 2. The molecule has 0 fully saturated rings. The Kier molecular flexibility index (Phi) is 4.70. The fraction of sp³-hybridized carbons (Fsp3) is 0.167. The van der Waals surface area contributed by atoms with E-state index in [-0.39, 0.29) is 18.0 Å². The second kappa shape index (κ2) is 7.31. The molecule has 4 heteroatoms. The van der Waals surface area contributed by atoms with Gasteiger partial charge in [0.2, 0.25) is 0 Å². The lowest BCUT2D eigenvalue weighted by molar-refractivity contribution is 0.0252. The first-order valence-corrected chi connectivity index (χ1v) is 9.29. The predicted octanol–water partition coefficient (Wildman–Crippen LogP) is 5.01. The van der Waals surface area contributed by atoms with Crippen molar-refractivity contribution in [1.82, 2.24) is 0 Å². The molecule has 140 valence electrons. The molecule has 1 atom stereocenters. The summed E-state index contributed by atoms with van der Waals surface area (Å²) in [7, 11) is 0. The number of aryl methyl sites for hydroxylation is 1. The maximum Gasteiger partial charge on any atom is 0.339 e. The van der Waals surface area contributed by atoms with Gasteiger partial charge in [-0.3, -0.25) is 4.79 Å². The van der Waals surface area contributed by atoms with E-state index in [0.29, 0.717) is 17.5 Å². The summed E-state index contributed by atoms with van der Waals surface area (Å²) in [5.74, 6) is -0.539. The van der Waals surface area contributed by atoms with Gasteiger partial charge in [0.15, 0.2) is 0 Å². The number of hydrogen-bond acceptors (Lipinski definition) is 3. The van der Waals surface area contributed by atoms with E-state index in [0.717, 1.165) is 27.9 Å². The van der Waals surface area contributed by atoms with E-state index in [1.165, 1.54) is 0 Å². The summed E-state index contributed by atoms with van der Waals surface area (Å²) < 4.78 is 5.58. The summed E-state index contributed by atoms with van der Waals surface area (Å²) in [5, 5.41) is 2.97. The molecule has 28 heavy (non-hydrogen) atoms. The number of anilines is 1. The van der Waals surface area contributed by atoms with Crippen molar-refractivity contribution in [3.8, 4) is 0 Å². The van der Waals surface area contributed by atoms with Crippen LogP contribution in [0.4, 0.5) is 5.69 Å². The Labute approximate surface area is 164 Å². The molecule has 1 N–H and O–H groups in total. The van der Waals surface area contributed by atoms with Gasteiger partial charge in [-0.05, 0) is 60.4 Å². The number of fused-ring (bicyclic) bond motifs is 1. The molecule has 1 aliphatic heterocycles. The molecule has 0 spiro atoms. The molecule has 3 aromatic carbocycles. The number of hydrogen-bond donors (Lipinski definition) is 1. The lowest BCUT2D eigenvalue weighted by atomic mass is 9.93. The molecule has 3 aromatic rings. The molecule has 1 aliphatic rings. The van der Waals surface area contributed by atoms with Crippen molar-refractivity contribution in [2.24, 2.45) is 0 Å². The van der Waals surface area contributed by atoms with Gasteiger partial charge in [0, 0.05) is 17.7 Å². The third-order valence-corrected chi connectivity index (χ3v) is 5.27. The van der Waals surface area contributed by atoms with Crippen LogP contribution < -0.4 is 5.32 Å². The first-order valence-electron chi connectivity index (χ1n) is 9.29. The molecule has 0 aromatic heterocycles. The molecule has 1 unspecified atom stereocenters. The van der Waals surface area contributed by atoms with E-state index in [1.807, 2.05) is 62.4 Å². The van der Waals surface area contributed by atoms with Crippen LogP contribution in [0.25, 0.3) is 0 Å². The molecule has 0 saturated carbocycles. The summed E-state index contributed by atoms with van der Waals surface area (Å²) in [6, 6.07) is 20.6. The maximum atomic E-state index is 12.8. The Bertz CT molecular complexity index is 1060. The van der Waals surface area contributed by atoms with Crippen LogP contribution in [0, 0.1) is 13.8 Å². The van der Waals surface area contributed by atoms with E-state index in [4.69, 9.17) is 4.74 Å². The minimum Gasteiger partial charge on any atom is -0.454 e. The molecule has 0 radical (unpaired) electrons. The van der Waals surface area contributed by atoms with Gasteiger partial charge in [-0.25, -0.2) is 4.79 Å². The van der Waals surface area contributed by atoms with Crippen molar-refractivity contribution >= 4 is 17.6 Å². The highest BCUT2D eigenvalue weighted by Crippen LogP contribution is 2.31. The molecule has 0 bridgehead atoms. The summed E-state index contributed by atoms with van der Waals surface area (Å²) in [6.07, 6.45) is 0.217. The fourth-order valence-corrected chi connectivity index (χ4v) is 3.47. The fourth-order valence-electron chi connectivity index (χ4n) is 3.47. The van der Waals surface area contributed by atoms with Crippen molar-refractivity contribution < 1.29 is 14.3 Å². The zero-order valence-corrected chi connectivity index (χ0v) is 15.9. The number of ether oxygens (including phenoxy) is 1. The SMILES string of the molecule is Cc1cccc(NC(=O)c2ccc3c(c2)CC(c2ccccc2)OC3=O)c1C. The van der Waals surface area contributed by atoms with Crippen LogP contribution in [0.2, 0.25) is 0 Å². The molecule has 4 rings (SSSR count). The Hall–Kier alpha value is -3.40. The van der Waals surface area contributed by atoms with Crippen LogP contribution in [-0.4, -0.2) is 11.9 Å². The summed E-state index contributed by atoms with van der Waals surface area (Å²) in [5.41, 5.74) is 5.80. The first-order chi connectivity index (χ1) is 13.5. The van der Waals surface area contributed by atoms with Crippen molar-refractivity contribution in [3.63, 3.8) is 0 Å². The molecule has 1 heterocycles. The number of rotatable bonds is 3. The average molecular weight is 371 g/mol. The number of nitrogens with one attached hydrogen (secondary N) is 1. The monoisotopic (exact) mass is 371 g/mol. The molecule has 0 saturated heterocycles. The second-order valence-electron chi connectivity index (χ2n) is 7.08. The maximum absolute atomic E-state index is 12.8. The third-order valence-electron chi connectivity index (χ3n) is 5.27. The lowest BCUT2D eigenvalue weighted by Gasteiger charge is -2.25. The number of amides is 1. The number of esters is 1. The standard InChI is InChI=1S/C24H21NO3/c1-15-7-6-10-21(16(15)2)25-23(26)18-11-12-20-19(13-18)14-22(28-24(20)27)17-8-4-3-5-9-17/h3-13,22H,14H2,1-2H3,(H,25,26). The largest absolute Gasteiger partial charge is 0.454 e. The van der Waals surface area contributed by atoms with Crippen LogP contribution >= 0.6 is 0 Å². The smallest absolute Gasteiger partial charge is 0.339 e. The highest BCUT2D eigenvalue weighted by atomic mass is 16.5. The molecule has 0 aliphatic carbocycles. The number of benzene rings is 3. The lowest BCUT2D eigenvalue weighted by Crippen LogP contribution is -2.23. The predicted molar refractivity (Wildman–Crippen MR) is 109 cm³/mol. The Morgan fingerprint density at radius 2 is 1.79 bits per heavy atom. The van der Waals surface area contributed by atoms with Gasteiger partial charge in [0.05, 0.1) is 5.56 Å². The Morgan fingerprint density at radius 3 is 2.57 bits per heavy atom. The normalized spacial score (nSPS) is 15.5. The van der Waals surface area contributed by atoms with Gasteiger partial charge in [0.25, 0.3) is 5.91 Å². The van der Waals surface area contributed by atoms with Gasteiger partial charge in [-0.2, -0.15) is 0 Å². The second-order valence-corrected chi connectivity index (χ2v) is 7.08. The van der Waals surface area contributed by atoms with Crippen LogP contribution in [0.5, 0.6) is 0 Å². The molecule has 1 amide bonds. The van der Waals surface area contributed by atoms with Crippen LogP contribution in [0.15, 0.2) is 66.7 Å². The summed E-state index contributed by atoms with van der Waals surface area (Å²) in [6.45, 7) is 4.00. The van der Waals surface area contributed by atoms with Crippen molar-refractivity contribution in [3.05, 3.63) is 100 Å². The van der Waals surface area contributed by atoms with E-state index in [2.05, 4.69) is 5.32 Å². The Balaban J connectivity index is 1.60. The van der Waals surface area contributed by atoms with Gasteiger partial charge in [-0.15, -0.1) is 0 Å². The highest BCUT2D eigenvalue weighted by Gasteiger charge is 2.28. The zero-order valence-electron chi connectivity index (χ0n) is 15.9. The van der Waals surface area contributed by atoms with Crippen molar-refractivity contribution in [1.29, 1.82) is 0 Å². The van der Waals surface area contributed by atoms with Gasteiger partial charge in [0.1, 0.15) is 6.10 Å². The van der Waals surface area contributed by atoms with Crippen LogP contribution in [-0.2, 0) is 11.2 Å². The molecule has 4 nitrogen and oxygen atoms in total. The third kappa shape index (κ3) is 3.41. The van der Waals surface area contributed by atoms with E-state index < -0.39 is 0 Å². The molecular formula is C24H21NO3. The molecular weight excluding hydrogens is 350 g/mol. The van der Waals surface area contributed by atoms with Crippen molar-refractivity contribution in [2.75, 3.05) is 5.32 Å². The average Bonchev–Trinajstić information content (AvgIpc) is 2.71. The number of cyclic esters (lactones) is 1. The van der Waals surface area contributed by atoms with Crippen LogP contribution in [0.1, 0.15) is 49.1 Å². The van der Waals surface area contributed by atoms with E-state index in [9.17, 15) is 9.59 Å². The first kappa shape index (κ1) is 18.0.